The first-order valence-electron chi connectivity index (χ1n) is 7.71. The van der Waals surface area contributed by atoms with Gasteiger partial charge in [-0.25, -0.2) is 0 Å². The van der Waals surface area contributed by atoms with Gasteiger partial charge in [0.15, 0.2) is 0 Å². The molecule has 0 radical (unpaired) electrons. The maximum absolute atomic E-state index is 12.0. The highest BCUT2D eigenvalue weighted by atomic mass is 35.5. The van der Waals surface area contributed by atoms with Crippen LogP contribution in [0.3, 0.4) is 0 Å². The lowest BCUT2D eigenvalue weighted by molar-refractivity contribution is -0.118. The Hall–Kier alpha value is -1.83. The van der Waals surface area contributed by atoms with Gasteiger partial charge in [-0.05, 0) is 30.7 Å². The zero-order valence-electron chi connectivity index (χ0n) is 13.5. The maximum atomic E-state index is 12.0. The highest BCUT2D eigenvalue weighted by Crippen LogP contribution is 2.28. The number of carbonyl (C=O) groups is 1. The number of thiophene rings is 1. The van der Waals surface area contributed by atoms with Crippen LogP contribution >= 0.6 is 34.7 Å². The Kier molecular flexibility index (Phi) is 6.12. The first-order valence-corrected chi connectivity index (χ1v) is 9.89. The van der Waals surface area contributed by atoms with Gasteiger partial charge >= 0.3 is 0 Å². The predicted molar refractivity (Wildman–Crippen MR) is 101 cm³/mol. The van der Waals surface area contributed by atoms with Crippen molar-refractivity contribution in [3.05, 3.63) is 51.2 Å². The summed E-state index contributed by atoms with van der Waals surface area (Å²) >= 11 is 9.03. The molecule has 0 fully saturated rings. The van der Waals surface area contributed by atoms with Gasteiger partial charge in [0, 0.05) is 9.75 Å². The molecule has 0 bridgehead atoms. The Morgan fingerprint density at radius 2 is 2.04 bits per heavy atom. The summed E-state index contributed by atoms with van der Waals surface area (Å²) in [6.45, 7) is 2.66. The molecule has 0 saturated carbocycles. The third kappa shape index (κ3) is 4.84. The van der Waals surface area contributed by atoms with E-state index in [1.54, 1.807) is 17.4 Å². The molecule has 25 heavy (non-hydrogen) atoms. The molecule has 130 valence electrons. The molecule has 0 unspecified atom stereocenters. The lowest BCUT2D eigenvalue weighted by Gasteiger charge is -2.01. The van der Waals surface area contributed by atoms with E-state index in [4.69, 9.17) is 16.0 Å². The van der Waals surface area contributed by atoms with Crippen LogP contribution in [0.4, 0.5) is 0 Å². The number of nitrogens with zero attached hydrogens (tertiary/aromatic N) is 2. The largest absolute Gasteiger partial charge is 0.411 e. The third-order valence-electron chi connectivity index (χ3n) is 3.36. The van der Waals surface area contributed by atoms with E-state index in [1.807, 2.05) is 24.3 Å². The summed E-state index contributed by atoms with van der Waals surface area (Å²) < 4.78 is 5.56. The van der Waals surface area contributed by atoms with Crippen LogP contribution in [-0.2, 0) is 17.8 Å². The molecule has 1 N–H and O–H groups in total. The summed E-state index contributed by atoms with van der Waals surface area (Å²) in [7, 11) is 0. The van der Waals surface area contributed by atoms with Crippen LogP contribution in [0.2, 0.25) is 5.02 Å². The van der Waals surface area contributed by atoms with Gasteiger partial charge in [0.25, 0.3) is 5.22 Å². The van der Waals surface area contributed by atoms with Gasteiger partial charge in [0.1, 0.15) is 0 Å². The molecule has 0 aliphatic heterocycles. The second-order valence-corrected chi connectivity index (χ2v) is 7.73. The number of hydrogen-bond donors (Lipinski definition) is 1. The topological polar surface area (TPSA) is 68.0 Å². The fraction of sp³-hybridized carbons (Fsp3) is 0.235. The fourth-order valence-electron chi connectivity index (χ4n) is 2.08. The summed E-state index contributed by atoms with van der Waals surface area (Å²) in [5, 5.41) is 11.7. The zero-order valence-corrected chi connectivity index (χ0v) is 15.9. The van der Waals surface area contributed by atoms with E-state index in [0.717, 1.165) is 11.3 Å². The van der Waals surface area contributed by atoms with Gasteiger partial charge in [0.05, 0.1) is 22.9 Å². The third-order valence-corrected chi connectivity index (χ3v) is 5.74. The summed E-state index contributed by atoms with van der Waals surface area (Å²) in [4.78, 5) is 14.4. The molecule has 2 heterocycles. The summed E-state index contributed by atoms with van der Waals surface area (Å²) in [6, 6.07) is 11.4. The molecule has 1 aromatic carbocycles. The van der Waals surface area contributed by atoms with Crippen LogP contribution in [0, 0.1) is 0 Å². The van der Waals surface area contributed by atoms with Crippen molar-refractivity contribution >= 4 is 40.6 Å². The maximum Gasteiger partial charge on any atom is 0.277 e. The van der Waals surface area contributed by atoms with Gasteiger partial charge in [-0.3, -0.25) is 4.79 Å². The van der Waals surface area contributed by atoms with E-state index < -0.39 is 0 Å². The van der Waals surface area contributed by atoms with Gasteiger partial charge in [-0.1, -0.05) is 42.4 Å². The minimum atomic E-state index is -0.0751. The second kappa shape index (κ2) is 8.51. The van der Waals surface area contributed by atoms with Crippen molar-refractivity contribution in [1.29, 1.82) is 0 Å². The van der Waals surface area contributed by atoms with E-state index in [2.05, 4.69) is 28.5 Å². The van der Waals surface area contributed by atoms with Crippen LogP contribution < -0.4 is 5.32 Å². The monoisotopic (exact) mass is 393 g/mol. The Bertz CT molecular complexity index is 863. The first kappa shape index (κ1) is 18.0. The van der Waals surface area contributed by atoms with E-state index in [-0.39, 0.29) is 11.7 Å². The summed E-state index contributed by atoms with van der Waals surface area (Å²) in [5.41, 5.74) is 0.678. The lowest BCUT2D eigenvalue weighted by atomic mass is 10.2. The molecule has 0 aliphatic rings. The predicted octanol–water partition coefficient (Wildman–Crippen LogP) is 4.42. The molecule has 0 atom stereocenters. The number of rotatable bonds is 7. The summed E-state index contributed by atoms with van der Waals surface area (Å²) in [6.07, 6.45) is 1.01. The standard InChI is InChI=1S/C17H16ClN3O2S2/c1-2-11-7-8-12(25-11)9-19-15(22)10-24-17-21-20-16(23-17)13-5-3-4-6-14(13)18/h3-8H,2,9-10H2,1H3,(H,19,22). The van der Waals surface area contributed by atoms with Crippen LogP contribution in [0.15, 0.2) is 46.0 Å². The molecule has 5 nitrogen and oxygen atoms in total. The molecule has 0 spiro atoms. The summed E-state index contributed by atoms with van der Waals surface area (Å²) in [5.74, 6) is 0.490. The highest BCUT2D eigenvalue weighted by molar-refractivity contribution is 7.99. The van der Waals surface area contributed by atoms with E-state index in [0.29, 0.717) is 28.2 Å². The van der Waals surface area contributed by atoms with Crippen LogP contribution in [0.5, 0.6) is 0 Å². The van der Waals surface area contributed by atoms with Crippen molar-refractivity contribution in [2.75, 3.05) is 5.75 Å². The van der Waals surface area contributed by atoms with Crippen LogP contribution in [0.1, 0.15) is 16.7 Å². The Labute approximate surface area is 158 Å². The van der Waals surface area contributed by atoms with Crippen LogP contribution in [0.25, 0.3) is 11.5 Å². The molecular formula is C17H16ClN3O2S2. The van der Waals surface area contributed by atoms with Crippen molar-refractivity contribution in [2.45, 2.75) is 25.1 Å². The average molecular weight is 394 g/mol. The van der Waals surface area contributed by atoms with Crippen molar-refractivity contribution in [2.24, 2.45) is 0 Å². The van der Waals surface area contributed by atoms with Crippen LogP contribution in [-0.4, -0.2) is 21.9 Å². The Balaban J connectivity index is 1.50. The number of carbonyl (C=O) groups excluding carboxylic acids is 1. The first-order chi connectivity index (χ1) is 12.2. The van der Waals surface area contributed by atoms with E-state index in [1.165, 1.54) is 16.6 Å². The number of benzene rings is 1. The van der Waals surface area contributed by atoms with Crippen molar-refractivity contribution in [3.63, 3.8) is 0 Å². The van der Waals surface area contributed by atoms with E-state index in [9.17, 15) is 4.79 Å². The Morgan fingerprint density at radius 3 is 2.80 bits per heavy atom. The number of thioether (sulfide) groups is 1. The van der Waals surface area contributed by atoms with Gasteiger partial charge in [0.2, 0.25) is 11.8 Å². The Morgan fingerprint density at radius 1 is 1.24 bits per heavy atom. The van der Waals surface area contributed by atoms with Gasteiger partial charge < -0.3 is 9.73 Å². The van der Waals surface area contributed by atoms with Crippen molar-refractivity contribution in [3.8, 4) is 11.5 Å². The fourth-order valence-corrected chi connectivity index (χ4v) is 3.79. The molecule has 1 amide bonds. The van der Waals surface area contributed by atoms with Crippen molar-refractivity contribution in [1.82, 2.24) is 15.5 Å². The number of nitrogens with one attached hydrogen (secondary N) is 1. The normalized spacial score (nSPS) is 10.8. The molecule has 0 aliphatic carbocycles. The van der Waals surface area contributed by atoms with Gasteiger partial charge in [-0.2, -0.15) is 0 Å². The van der Waals surface area contributed by atoms with E-state index >= 15 is 0 Å². The average Bonchev–Trinajstić information content (AvgIpc) is 3.28. The molecular weight excluding hydrogens is 378 g/mol. The number of halogens is 1. The van der Waals surface area contributed by atoms with Crippen molar-refractivity contribution < 1.29 is 9.21 Å². The number of aromatic nitrogens is 2. The SMILES string of the molecule is CCc1ccc(CNC(=O)CSc2nnc(-c3ccccc3Cl)o2)s1. The number of aryl methyl sites for hydroxylation is 1. The second-order valence-electron chi connectivity index (χ2n) is 5.14. The molecule has 8 heteroatoms. The number of amides is 1. The van der Waals surface area contributed by atoms with Gasteiger partial charge in [-0.15, -0.1) is 21.5 Å². The molecule has 3 aromatic rings. The minimum Gasteiger partial charge on any atom is -0.411 e. The molecule has 3 rings (SSSR count). The smallest absolute Gasteiger partial charge is 0.277 e. The molecule has 0 saturated heterocycles. The number of hydrogen-bond acceptors (Lipinski definition) is 6. The lowest BCUT2D eigenvalue weighted by Crippen LogP contribution is -2.24. The molecule has 2 aromatic heterocycles. The quantitative estimate of drug-likeness (QED) is 0.601. The zero-order chi connectivity index (χ0) is 17.6. The highest BCUT2D eigenvalue weighted by Gasteiger charge is 2.13. The minimum absolute atomic E-state index is 0.0751.